The number of hydrogen-bond acceptors (Lipinski definition) is 2. The molecular weight excluding hydrogens is 317 g/mol. The van der Waals surface area contributed by atoms with Crippen molar-refractivity contribution in [2.24, 2.45) is 0 Å². The molecule has 0 aromatic heterocycles. The van der Waals surface area contributed by atoms with Crippen molar-refractivity contribution >= 4 is 17.5 Å². The van der Waals surface area contributed by atoms with Crippen LogP contribution in [0.2, 0.25) is 5.02 Å². The fraction of sp³-hybridized carbons (Fsp3) is 0.278. The third-order valence-corrected chi connectivity index (χ3v) is 3.72. The van der Waals surface area contributed by atoms with Crippen molar-refractivity contribution in [2.45, 2.75) is 31.9 Å². The Kier molecular flexibility index (Phi) is 6.13. The summed E-state index contributed by atoms with van der Waals surface area (Å²) in [4.78, 5) is 12.0. The highest BCUT2D eigenvalue weighted by molar-refractivity contribution is 6.30. The normalized spacial score (nSPS) is 13.4. The van der Waals surface area contributed by atoms with E-state index in [1.54, 1.807) is 30.3 Å². The zero-order chi connectivity index (χ0) is 16.8. The molecule has 0 saturated heterocycles. The van der Waals surface area contributed by atoms with Crippen molar-refractivity contribution < 1.29 is 14.3 Å². The van der Waals surface area contributed by atoms with Crippen LogP contribution in [0.1, 0.15) is 30.6 Å². The lowest BCUT2D eigenvalue weighted by Crippen LogP contribution is -2.34. The number of hydrogen-bond donors (Lipinski definition) is 2. The number of nitrogens with one attached hydrogen (secondary N) is 1. The summed E-state index contributed by atoms with van der Waals surface area (Å²) in [5, 5.41) is 13.5. The third kappa shape index (κ3) is 5.66. The molecule has 122 valence electrons. The van der Waals surface area contributed by atoms with Crippen LogP contribution in [0.15, 0.2) is 48.5 Å². The van der Waals surface area contributed by atoms with E-state index in [-0.39, 0.29) is 24.2 Å². The Morgan fingerprint density at radius 1 is 1.26 bits per heavy atom. The molecule has 0 radical (unpaired) electrons. The van der Waals surface area contributed by atoms with E-state index in [2.05, 4.69) is 5.32 Å². The number of rotatable bonds is 6. The topological polar surface area (TPSA) is 49.3 Å². The maximum atomic E-state index is 13.1. The molecule has 0 aliphatic heterocycles. The average Bonchev–Trinajstić information content (AvgIpc) is 2.47. The molecule has 2 rings (SSSR count). The largest absolute Gasteiger partial charge is 0.388 e. The molecule has 0 bridgehead atoms. The zero-order valence-electron chi connectivity index (χ0n) is 12.8. The van der Waals surface area contributed by atoms with E-state index >= 15 is 0 Å². The number of carbonyl (C=O) groups is 1. The summed E-state index contributed by atoms with van der Waals surface area (Å²) in [6.45, 7) is 1.84. The van der Waals surface area contributed by atoms with Gasteiger partial charge in [-0.15, -0.1) is 0 Å². The van der Waals surface area contributed by atoms with Crippen molar-refractivity contribution in [1.82, 2.24) is 5.32 Å². The molecule has 1 amide bonds. The van der Waals surface area contributed by atoms with Crippen molar-refractivity contribution in [2.75, 3.05) is 0 Å². The first-order valence-corrected chi connectivity index (χ1v) is 7.79. The van der Waals surface area contributed by atoms with Crippen LogP contribution in [-0.2, 0) is 11.2 Å². The van der Waals surface area contributed by atoms with Crippen LogP contribution in [0.25, 0.3) is 0 Å². The zero-order valence-corrected chi connectivity index (χ0v) is 13.6. The minimum Gasteiger partial charge on any atom is -0.388 e. The lowest BCUT2D eigenvalue weighted by atomic mass is 10.0. The summed E-state index contributed by atoms with van der Waals surface area (Å²) in [5.74, 6) is -0.546. The second-order valence-corrected chi connectivity index (χ2v) is 6.01. The van der Waals surface area contributed by atoms with Crippen molar-refractivity contribution in [1.29, 1.82) is 0 Å². The van der Waals surface area contributed by atoms with Crippen LogP contribution in [0.3, 0.4) is 0 Å². The molecule has 0 aliphatic rings. The minimum absolute atomic E-state index is 0.0326. The number of halogens is 2. The number of amides is 1. The molecule has 23 heavy (non-hydrogen) atoms. The Morgan fingerprint density at radius 2 is 1.96 bits per heavy atom. The second kappa shape index (κ2) is 8.09. The van der Waals surface area contributed by atoms with Gasteiger partial charge >= 0.3 is 0 Å². The number of carbonyl (C=O) groups excluding carboxylic acids is 1. The molecule has 5 heteroatoms. The van der Waals surface area contributed by atoms with E-state index in [0.717, 1.165) is 5.56 Å². The Hall–Kier alpha value is -1.91. The molecule has 2 aromatic carbocycles. The molecule has 0 fully saturated rings. The van der Waals surface area contributed by atoms with Gasteiger partial charge in [0.05, 0.1) is 12.5 Å². The van der Waals surface area contributed by atoms with Gasteiger partial charge in [-0.05, 0) is 48.7 Å². The highest BCUT2D eigenvalue weighted by atomic mass is 35.5. The minimum atomic E-state index is -0.881. The van der Waals surface area contributed by atoms with Gasteiger partial charge in [0.25, 0.3) is 0 Å². The Bertz CT molecular complexity index is 660. The lowest BCUT2D eigenvalue weighted by Gasteiger charge is -2.16. The molecule has 0 aliphatic carbocycles. The Morgan fingerprint density at radius 3 is 2.61 bits per heavy atom. The lowest BCUT2D eigenvalue weighted by molar-refractivity contribution is -0.123. The van der Waals surface area contributed by atoms with Gasteiger partial charge in [0, 0.05) is 11.1 Å². The van der Waals surface area contributed by atoms with Crippen LogP contribution < -0.4 is 5.32 Å². The second-order valence-electron chi connectivity index (χ2n) is 5.57. The van der Waals surface area contributed by atoms with Gasteiger partial charge < -0.3 is 10.4 Å². The molecule has 0 saturated carbocycles. The van der Waals surface area contributed by atoms with E-state index < -0.39 is 6.10 Å². The van der Waals surface area contributed by atoms with Gasteiger partial charge in [-0.2, -0.15) is 0 Å². The summed E-state index contributed by atoms with van der Waals surface area (Å²) in [6, 6.07) is 12.9. The van der Waals surface area contributed by atoms with E-state index in [1.807, 2.05) is 13.0 Å². The van der Waals surface area contributed by atoms with Gasteiger partial charge in [-0.25, -0.2) is 4.39 Å². The standard InChI is InChI=1S/C18H19ClFNO2/c1-12(9-13-3-2-4-16(20)10-13)21-18(23)11-17(22)14-5-7-15(19)8-6-14/h2-8,10,12,17,22H,9,11H2,1H3,(H,21,23). The van der Waals surface area contributed by atoms with E-state index in [1.165, 1.54) is 12.1 Å². The molecule has 0 spiro atoms. The van der Waals surface area contributed by atoms with Gasteiger partial charge in [0.2, 0.25) is 5.91 Å². The highest BCUT2D eigenvalue weighted by Crippen LogP contribution is 2.19. The maximum Gasteiger partial charge on any atom is 0.223 e. The Balaban J connectivity index is 1.85. The van der Waals surface area contributed by atoms with Crippen molar-refractivity contribution in [3.8, 4) is 0 Å². The number of aliphatic hydroxyl groups excluding tert-OH is 1. The predicted octanol–water partition coefficient (Wildman–Crippen LogP) is 3.65. The van der Waals surface area contributed by atoms with E-state index in [9.17, 15) is 14.3 Å². The Labute approximate surface area is 140 Å². The van der Waals surface area contributed by atoms with Crippen LogP contribution in [0, 0.1) is 5.82 Å². The van der Waals surface area contributed by atoms with Gasteiger partial charge in [-0.1, -0.05) is 35.9 Å². The SMILES string of the molecule is CC(Cc1cccc(F)c1)NC(=O)CC(O)c1ccc(Cl)cc1. The van der Waals surface area contributed by atoms with Crippen LogP contribution in [-0.4, -0.2) is 17.1 Å². The van der Waals surface area contributed by atoms with Crippen molar-refractivity contribution in [3.63, 3.8) is 0 Å². The molecule has 3 nitrogen and oxygen atoms in total. The maximum absolute atomic E-state index is 13.1. The van der Waals surface area contributed by atoms with Gasteiger partial charge in [0.1, 0.15) is 5.82 Å². The highest BCUT2D eigenvalue weighted by Gasteiger charge is 2.15. The smallest absolute Gasteiger partial charge is 0.223 e. The van der Waals surface area contributed by atoms with Gasteiger partial charge in [0.15, 0.2) is 0 Å². The van der Waals surface area contributed by atoms with Crippen LogP contribution in [0.5, 0.6) is 0 Å². The predicted molar refractivity (Wildman–Crippen MR) is 88.7 cm³/mol. The molecule has 2 N–H and O–H groups in total. The molecule has 0 heterocycles. The molecule has 2 unspecified atom stereocenters. The van der Waals surface area contributed by atoms with Gasteiger partial charge in [-0.3, -0.25) is 4.79 Å². The molecule has 2 aromatic rings. The monoisotopic (exact) mass is 335 g/mol. The van der Waals surface area contributed by atoms with Crippen LogP contribution in [0.4, 0.5) is 4.39 Å². The number of aliphatic hydroxyl groups is 1. The number of benzene rings is 2. The van der Waals surface area contributed by atoms with Crippen molar-refractivity contribution in [3.05, 3.63) is 70.5 Å². The first-order chi connectivity index (χ1) is 10.9. The summed E-state index contributed by atoms with van der Waals surface area (Å²) in [6.07, 6.45) is -0.385. The first kappa shape index (κ1) is 17.4. The first-order valence-electron chi connectivity index (χ1n) is 7.41. The quantitative estimate of drug-likeness (QED) is 0.846. The summed E-state index contributed by atoms with van der Waals surface area (Å²) < 4.78 is 13.1. The average molecular weight is 336 g/mol. The fourth-order valence-electron chi connectivity index (χ4n) is 2.38. The fourth-order valence-corrected chi connectivity index (χ4v) is 2.51. The van der Waals surface area contributed by atoms with E-state index in [4.69, 9.17) is 11.6 Å². The van der Waals surface area contributed by atoms with Crippen LogP contribution >= 0.6 is 11.6 Å². The summed E-state index contributed by atoms with van der Waals surface area (Å²) in [7, 11) is 0. The summed E-state index contributed by atoms with van der Waals surface area (Å²) >= 11 is 5.79. The summed E-state index contributed by atoms with van der Waals surface area (Å²) in [5.41, 5.74) is 1.46. The third-order valence-electron chi connectivity index (χ3n) is 3.47. The van der Waals surface area contributed by atoms with E-state index in [0.29, 0.717) is 17.0 Å². The molecule has 2 atom stereocenters. The molecular formula is C18H19ClFNO2.